The minimum absolute atomic E-state index is 0.0634. The largest absolute Gasteiger partial charge is 0.483 e. The fourth-order valence-electron chi connectivity index (χ4n) is 2.71. The van der Waals surface area contributed by atoms with E-state index >= 15 is 0 Å². The molecule has 0 aliphatic heterocycles. The number of hydrogen-bond donors (Lipinski definition) is 2. The standard InChI is InChI=1S/C22H28N2O3/c1-5-15(3)17-10-7-8-13-20(17)27-14-22(26)24-19-12-9-11-18(16(19)4)23-21(25)6-2/h7-13,15H,5-6,14H2,1-4H3,(H,23,25)(H,24,26). The fraction of sp³-hybridized carbons (Fsp3) is 0.364. The van der Waals surface area contributed by atoms with E-state index in [4.69, 9.17) is 4.74 Å². The van der Waals surface area contributed by atoms with Crippen LogP contribution in [0.15, 0.2) is 42.5 Å². The van der Waals surface area contributed by atoms with E-state index in [1.807, 2.05) is 43.3 Å². The molecule has 0 aromatic heterocycles. The van der Waals surface area contributed by atoms with E-state index in [1.54, 1.807) is 13.0 Å². The van der Waals surface area contributed by atoms with Gasteiger partial charge in [0.1, 0.15) is 5.75 Å². The average molecular weight is 368 g/mol. The molecule has 2 aromatic carbocycles. The van der Waals surface area contributed by atoms with Gasteiger partial charge >= 0.3 is 0 Å². The molecule has 0 spiro atoms. The molecule has 0 saturated heterocycles. The first kappa shape index (κ1) is 20.5. The number of hydrogen-bond acceptors (Lipinski definition) is 3. The van der Waals surface area contributed by atoms with E-state index in [2.05, 4.69) is 24.5 Å². The highest BCUT2D eigenvalue weighted by Crippen LogP contribution is 2.28. The average Bonchev–Trinajstić information content (AvgIpc) is 2.68. The lowest BCUT2D eigenvalue weighted by Gasteiger charge is -2.16. The first-order chi connectivity index (χ1) is 13.0. The molecule has 0 bridgehead atoms. The lowest BCUT2D eigenvalue weighted by atomic mass is 9.98. The normalized spacial score (nSPS) is 11.6. The second-order valence-electron chi connectivity index (χ2n) is 6.56. The zero-order chi connectivity index (χ0) is 19.8. The van der Waals surface area contributed by atoms with Gasteiger partial charge in [0.25, 0.3) is 5.91 Å². The van der Waals surface area contributed by atoms with Crippen LogP contribution in [0, 0.1) is 6.92 Å². The Kier molecular flexibility index (Phi) is 7.41. The topological polar surface area (TPSA) is 67.4 Å². The highest BCUT2D eigenvalue weighted by atomic mass is 16.5. The Balaban J connectivity index is 2.03. The van der Waals surface area contributed by atoms with Crippen molar-refractivity contribution >= 4 is 23.2 Å². The van der Waals surface area contributed by atoms with E-state index in [0.717, 1.165) is 23.3 Å². The van der Waals surface area contributed by atoms with Gasteiger partial charge < -0.3 is 15.4 Å². The van der Waals surface area contributed by atoms with Crippen LogP contribution in [0.5, 0.6) is 5.75 Å². The monoisotopic (exact) mass is 368 g/mol. The highest BCUT2D eigenvalue weighted by molar-refractivity contribution is 5.96. The van der Waals surface area contributed by atoms with Crippen LogP contribution in [0.1, 0.15) is 50.7 Å². The molecule has 0 fully saturated rings. The van der Waals surface area contributed by atoms with Gasteiger partial charge in [-0.1, -0.05) is 45.0 Å². The summed E-state index contributed by atoms with van der Waals surface area (Å²) in [6.07, 6.45) is 1.40. The Hall–Kier alpha value is -2.82. The molecule has 27 heavy (non-hydrogen) atoms. The van der Waals surface area contributed by atoms with Gasteiger partial charge in [0.05, 0.1) is 0 Å². The molecule has 0 saturated carbocycles. The smallest absolute Gasteiger partial charge is 0.262 e. The van der Waals surface area contributed by atoms with Crippen molar-refractivity contribution in [2.45, 2.75) is 46.5 Å². The first-order valence-electron chi connectivity index (χ1n) is 9.37. The number of carbonyl (C=O) groups excluding carboxylic acids is 2. The van der Waals surface area contributed by atoms with Crippen LogP contribution in [-0.4, -0.2) is 18.4 Å². The molecular weight excluding hydrogens is 340 g/mol. The van der Waals surface area contributed by atoms with Crippen LogP contribution in [0.25, 0.3) is 0 Å². The van der Waals surface area contributed by atoms with Crippen molar-refractivity contribution in [2.75, 3.05) is 17.2 Å². The first-order valence-corrected chi connectivity index (χ1v) is 9.37. The molecule has 5 nitrogen and oxygen atoms in total. The third kappa shape index (κ3) is 5.58. The summed E-state index contributed by atoms with van der Waals surface area (Å²) in [5, 5.41) is 5.70. The number of amides is 2. The molecule has 2 rings (SSSR count). The summed E-state index contributed by atoms with van der Waals surface area (Å²) < 4.78 is 5.76. The predicted octanol–water partition coefficient (Wildman–Crippen LogP) is 4.87. The van der Waals surface area contributed by atoms with E-state index in [9.17, 15) is 9.59 Å². The van der Waals surface area contributed by atoms with Crippen LogP contribution >= 0.6 is 0 Å². The van der Waals surface area contributed by atoms with E-state index in [1.165, 1.54) is 0 Å². The lowest BCUT2D eigenvalue weighted by Crippen LogP contribution is -2.21. The summed E-state index contributed by atoms with van der Waals surface area (Å²) in [4.78, 5) is 24.0. The number of ether oxygens (including phenoxy) is 1. The van der Waals surface area contributed by atoms with Crippen LogP contribution in [-0.2, 0) is 9.59 Å². The van der Waals surface area contributed by atoms with Crippen molar-refractivity contribution in [1.82, 2.24) is 0 Å². The molecule has 1 unspecified atom stereocenters. The Morgan fingerprint density at radius 2 is 1.59 bits per heavy atom. The van der Waals surface area contributed by atoms with Crippen LogP contribution in [0.4, 0.5) is 11.4 Å². The zero-order valence-corrected chi connectivity index (χ0v) is 16.5. The summed E-state index contributed by atoms with van der Waals surface area (Å²) in [6, 6.07) is 13.2. The maximum Gasteiger partial charge on any atom is 0.262 e. The fourth-order valence-corrected chi connectivity index (χ4v) is 2.71. The van der Waals surface area contributed by atoms with Crippen molar-refractivity contribution in [3.05, 3.63) is 53.6 Å². The van der Waals surface area contributed by atoms with Crippen LogP contribution in [0.3, 0.4) is 0 Å². The van der Waals surface area contributed by atoms with Crippen molar-refractivity contribution in [3.8, 4) is 5.75 Å². The van der Waals surface area contributed by atoms with Crippen molar-refractivity contribution in [1.29, 1.82) is 0 Å². The summed E-state index contributed by atoms with van der Waals surface area (Å²) >= 11 is 0. The third-order valence-electron chi connectivity index (χ3n) is 4.62. The molecule has 0 radical (unpaired) electrons. The highest BCUT2D eigenvalue weighted by Gasteiger charge is 2.13. The molecule has 0 aliphatic carbocycles. The molecule has 2 amide bonds. The van der Waals surface area contributed by atoms with Gasteiger partial charge in [-0.2, -0.15) is 0 Å². The Bertz CT molecular complexity index is 802. The number of para-hydroxylation sites is 1. The van der Waals surface area contributed by atoms with Crippen molar-refractivity contribution in [3.63, 3.8) is 0 Å². The molecular formula is C22H28N2O3. The maximum absolute atomic E-state index is 12.4. The summed E-state index contributed by atoms with van der Waals surface area (Å²) in [6.45, 7) is 7.85. The summed E-state index contributed by atoms with van der Waals surface area (Å²) in [7, 11) is 0. The molecule has 0 heterocycles. The molecule has 2 N–H and O–H groups in total. The Morgan fingerprint density at radius 3 is 2.22 bits per heavy atom. The minimum atomic E-state index is -0.240. The van der Waals surface area contributed by atoms with E-state index in [-0.39, 0.29) is 18.4 Å². The number of nitrogens with one attached hydrogen (secondary N) is 2. The SMILES string of the molecule is CCC(=O)Nc1cccc(NC(=O)COc2ccccc2C(C)CC)c1C. The summed E-state index contributed by atoms with van der Waals surface area (Å²) in [5.74, 6) is 0.802. The molecule has 1 atom stereocenters. The van der Waals surface area contributed by atoms with Crippen molar-refractivity contribution in [2.24, 2.45) is 0 Å². The Morgan fingerprint density at radius 1 is 0.963 bits per heavy atom. The van der Waals surface area contributed by atoms with Crippen LogP contribution in [0.2, 0.25) is 0 Å². The second-order valence-corrected chi connectivity index (χ2v) is 6.56. The molecule has 5 heteroatoms. The molecule has 0 aliphatic rings. The van der Waals surface area contributed by atoms with Gasteiger partial charge in [-0.3, -0.25) is 9.59 Å². The third-order valence-corrected chi connectivity index (χ3v) is 4.62. The lowest BCUT2D eigenvalue weighted by molar-refractivity contribution is -0.118. The van der Waals surface area contributed by atoms with E-state index < -0.39 is 0 Å². The number of anilines is 2. The quantitative estimate of drug-likeness (QED) is 0.698. The summed E-state index contributed by atoms with van der Waals surface area (Å²) in [5.41, 5.74) is 3.27. The van der Waals surface area contributed by atoms with Gasteiger partial charge in [0.15, 0.2) is 6.61 Å². The second kappa shape index (κ2) is 9.76. The molecule has 144 valence electrons. The van der Waals surface area contributed by atoms with Gasteiger partial charge in [-0.15, -0.1) is 0 Å². The van der Waals surface area contributed by atoms with Gasteiger partial charge in [0.2, 0.25) is 5.91 Å². The number of rotatable bonds is 8. The van der Waals surface area contributed by atoms with Gasteiger partial charge in [-0.05, 0) is 48.6 Å². The Labute approximate surface area is 161 Å². The van der Waals surface area contributed by atoms with Crippen LogP contribution < -0.4 is 15.4 Å². The predicted molar refractivity (Wildman–Crippen MR) is 109 cm³/mol. The zero-order valence-electron chi connectivity index (χ0n) is 16.5. The number of carbonyl (C=O) groups is 2. The van der Waals surface area contributed by atoms with E-state index in [0.29, 0.717) is 23.7 Å². The maximum atomic E-state index is 12.4. The van der Waals surface area contributed by atoms with Gasteiger partial charge in [-0.25, -0.2) is 0 Å². The molecule has 2 aromatic rings. The van der Waals surface area contributed by atoms with Gasteiger partial charge in [0, 0.05) is 17.8 Å². The minimum Gasteiger partial charge on any atom is -0.483 e. The number of benzene rings is 2. The van der Waals surface area contributed by atoms with Crippen molar-refractivity contribution < 1.29 is 14.3 Å².